The van der Waals surface area contributed by atoms with Gasteiger partial charge < -0.3 is 14.2 Å². The second-order valence-corrected chi connectivity index (χ2v) is 19.7. The van der Waals surface area contributed by atoms with Crippen LogP contribution in [-0.2, 0) is 28.6 Å². The summed E-state index contributed by atoms with van der Waals surface area (Å²) in [5.41, 5.74) is 0. The molecule has 0 bridgehead atoms. The summed E-state index contributed by atoms with van der Waals surface area (Å²) in [7, 11) is 0. The molecule has 0 aliphatic heterocycles. The second kappa shape index (κ2) is 45.4. The molecule has 6 nitrogen and oxygen atoms in total. The zero-order valence-corrected chi connectivity index (χ0v) is 41.3. The fraction of sp³-hybridized carbons (Fsp3) is 0.944. The summed E-state index contributed by atoms with van der Waals surface area (Å²) in [5.74, 6) is 1.66. The van der Waals surface area contributed by atoms with Crippen LogP contribution in [0.25, 0.3) is 0 Å². The average Bonchev–Trinajstić information content (AvgIpc) is 3.22. The molecule has 356 valence electrons. The van der Waals surface area contributed by atoms with Crippen molar-refractivity contribution in [2.75, 3.05) is 13.2 Å². The van der Waals surface area contributed by atoms with Gasteiger partial charge in [0.15, 0.2) is 6.10 Å². The largest absolute Gasteiger partial charge is 0.462 e. The molecule has 0 N–H and O–H groups in total. The lowest BCUT2D eigenvalue weighted by molar-refractivity contribution is -0.167. The van der Waals surface area contributed by atoms with Gasteiger partial charge in [0.25, 0.3) is 0 Å². The molecule has 0 heterocycles. The van der Waals surface area contributed by atoms with Gasteiger partial charge >= 0.3 is 17.9 Å². The third kappa shape index (κ3) is 45.9. The first-order chi connectivity index (χ1) is 29.1. The molecular weight excluding hydrogens is 745 g/mol. The van der Waals surface area contributed by atoms with Gasteiger partial charge in [0.05, 0.1) is 0 Å². The van der Waals surface area contributed by atoms with Crippen molar-refractivity contribution in [2.24, 2.45) is 17.8 Å². The topological polar surface area (TPSA) is 78.9 Å². The summed E-state index contributed by atoms with van der Waals surface area (Å²) in [4.78, 5) is 38.0. The van der Waals surface area contributed by atoms with Gasteiger partial charge in [-0.05, 0) is 37.0 Å². The maximum Gasteiger partial charge on any atom is 0.306 e. The summed E-state index contributed by atoms with van der Waals surface area (Å²) in [5, 5.41) is 0. The number of unbranched alkanes of at least 4 members (excludes halogenated alkanes) is 29. The Morgan fingerprint density at radius 2 is 0.583 bits per heavy atom. The predicted octanol–water partition coefficient (Wildman–Crippen LogP) is 17.2. The number of hydrogen-bond acceptors (Lipinski definition) is 6. The van der Waals surface area contributed by atoms with E-state index < -0.39 is 6.10 Å². The Hall–Kier alpha value is -1.59. The summed E-state index contributed by atoms with van der Waals surface area (Å²) >= 11 is 0. The molecule has 0 aromatic rings. The van der Waals surface area contributed by atoms with Gasteiger partial charge in [-0.3, -0.25) is 14.4 Å². The van der Waals surface area contributed by atoms with Crippen molar-refractivity contribution in [2.45, 2.75) is 298 Å². The molecule has 0 saturated heterocycles. The second-order valence-electron chi connectivity index (χ2n) is 19.7. The highest BCUT2D eigenvalue weighted by molar-refractivity contribution is 5.71. The lowest BCUT2D eigenvalue weighted by atomic mass is 9.99. The van der Waals surface area contributed by atoms with Crippen molar-refractivity contribution in [3.63, 3.8) is 0 Å². The van der Waals surface area contributed by atoms with E-state index >= 15 is 0 Å². The first kappa shape index (κ1) is 58.4. The zero-order chi connectivity index (χ0) is 44.2. The standard InChI is InChI=1S/C54H104O6/c1-7-50(6)42-36-30-24-20-21-26-32-38-44-53(56)59-47-51(60-54(57)45-39-33-27-19-15-14-17-23-29-35-41-49(4)5)46-58-52(55)43-37-31-25-18-13-11-9-8-10-12-16-22-28-34-40-48(2)3/h48-51H,7-47H2,1-6H3/t50?,51-/m1/s1. The van der Waals surface area contributed by atoms with E-state index in [4.69, 9.17) is 14.2 Å². The predicted molar refractivity (Wildman–Crippen MR) is 256 cm³/mol. The number of esters is 3. The van der Waals surface area contributed by atoms with E-state index in [2.05, 4.69) is 41.5 Å². The molecule has 0 aliphatic rings. The summed E-state index contributed by atoms with van der Waals surface area (Å²) in [6, 6.07) is 0. The van der Waals surface area contributed by atoms with Crippen LogP contribution in [0.2, 0.25) is 0 Å². The molecule has 0 aromatic heterocycles. The van der Waals surface area contributed by atoms with Crippen molar-refractivity contribution < 1.29 is 28.6 Å². The Morgan fingerprint density at radius 1 is 0.333 bits per heavy atom. The van der Waals surface area contributed by atoms with Crippen LogP contribution in [0.5, 0.6) is 0 Å². The van der Waals surface area contributed by atoms with Crippen molar-refractivity contribution in [3.05, 3.63) is 0 Å². The zero-order valence-electron chi connectivity index (χ0n) is 41.3. The fourth-order valence-corrected chi connectivity index (χ4v) is 8.08. The quantitative estimate of drug-likeness (QED) is 0.0345. The Balaban J connectivity index is 4.30. The van der Waals surface area contributed by atoms with Crippen molar-refractivity contribution >= 4 is 17.9 Å². The van der Waals surface area contributed by atoms with E-state index in [-0.39, 0.29) is 31.1 Å². The Labute approximate surface area is 374 Å². The molecular formula is C54H104O6. The number of rotatable bonds is 47. The minimum atomic E-state index is -0.763. The lowest BCUT2D eigenvalue weighted by Crippen LogP contribution is -2.30. The van der Waals surface area contributed by atoms with Gasteiger partial charge in [0.2, 0.25) is 0 Å². The van der Waals surface area contributed by atoms with Gasteiger partial charge in [-0.15, -0.1) is 0 Å². The highest BCUT2D eigenvalue weighted by Gasteiger charge is 2.19. The monoisotopic (exact) mass is 849 g/mol. The van der Waals surface area contributed by atoms with Crippen LogP contribution >= 0.6 is 0 Å². The van der Waals surface area contributed by atoms with Crippen LogP contribution in [0.1, 0.15) is 292 Å². The van der Waals surface area contributed by atoms with Gasteiger partial charge in [-0.25, -0.2) is 0 Å². The summed E-state index contributed by atoms with van der Waals surface area (Å²) in [6.45, 7) is 13.7. The maximum atomic E-state index is 12.8. The van der Waals surface area contributed by atoms with E-state index in [1.807, 2.05) is 0 Å². The Morgan fingerprint density at radius 3 is 0.867 bits per heavy atom. The number of ether oxygens (including phenoxy) is 3. The van der Waals surface area contributed by atoms with Crippen LogP contribution in [0, 0.1) is 17.8 Å². The van der Waals surface area contributed by atoms with Gasteiger partial charge in [-0.1, -0.05) is 253 Å². The van der Waals surface area contributed by atoms with E-state index in [0.29, 0.717) is 19.3 Å². The number of carbonyl (C=O) groups is 3. The Kier molecular flexibility index (Phi) is 44.2. The SMILES string of the molecule is CCC(C)CCCCCCCCCCC(=O)OC[C@@H](COC(=O)CCCCCCCCCCCCCCCCC(C)C)OC(=O)CCCCCCCCCCCCC(C)C. The van der Waals surface area contributed by atoms with Crippen LogP contribution in [0.3, 0.4) is 0 Å². The maximum absolute atomic E-state index is 12.8. The average molecular weight is 849 g/mol. The minimum absolute atomic E-state index is 0.0647. The fourth-order valence-electron chi connectivity index (χ4n) is 8.08. The highest BCUT2D eigenvalue weighted by Crippen LogP contribution is 2.18. The normalized spacial score (nSPS) is 12.6. The van der Waals surface area contributed by atoms with E-state index in [1.54, 1.807) is 0 Å². The highest BCUT2D eigenvalue weighted by atomic mass is 16.6. The number of hydrogen-bond donors (Lipinski definition) is 0. The van der Waals surface area contributed by atoms with E-state index in [0.717, 1.165) is 75.5 Å². The molecule has 1 unspecified atom stereocenters. The van der Waals surface area contributed by atoms with Crippen LogP contribution in [0.4, 0.5) is 0 Å². The molecule has 6 heteroatoms. The van der Waals surface area contributed by atoms with Crippen molar-refractivity contribution in [1.29, 1.82) is 0 Å². The van der Waals surface area contributed by atoms with E-state index in [9.17, 15) is 14.4 Å². The van der Waals surface area contributed by atoms with Crippen molar-refractivity contribution in [3.8, 4) is 0 Å². The Bertz CT molecular complexity index is 931. The summed E-state index contributed by atoms with van der Waals surface area (Å²) < 4.78 is 16.8. The third-order valence-electron chi connectivity index (χ3n) is 12.5. The van der Waals surface area contributed by atoms with Gasteiger partial charge in [0, 0.05) is 19.3 Å². The molecule has 0 aliphatic carbocycles. The molecule has 0 aromatic carbocycles. The smallest absolute Gasteiger partial charge is 0.306 e. The minimum Gasteiger partial charge on any atom is -0.462 e. The van der Waals surface area contributed by atoms with Gasteiger partial charge in [-0.2, -0.15) is 0 Å². The molecule has 60 heavy (non-hydrogen) atoms. The summed E-state index contributed by atoms with van der Waals surface area (Å²) in [6.07, 6.45) is 45.1. The van der Waals surface area contributed by atoms with Crippen molar-refractivity contribution in [1.82, 2.24) is 0 Å². The van der Waals surface area contributed by atoms with E-state index in [1.165, 1.54) is 173 Å². The van der Waals surface area contributed by atoms with Crippen LogP contribution in [0.15, 0.2) is 0 Å². The third-order valence-corrected chi connectivity index (χ3v) is 12.5. The van der Waals surface area contributed by atoms with Crippen LogP contribution < -0.4 is 0 Å². The molecule has 0 spiro atoms. The molecule has 0 fully saturated rings. The van der Waals surface area contributed by atoms with Crippen LogP contribution in [-0.4, -0.2) is 37.2 Å². The first-order valence-electron chi connectivity index (χ1n) is 26.6. The van der Waals surface area contributed by atoms with Gasteiger partial charge in [0.1, 0.15) is 13.2 Å². The molecule has 0 amide bonds. The molecule has 0 rings (SSSR count). The lowest BCUT2D eigenvalue weighted by Gasteiger charge is -2.18. The molecule has 0 radical (unpaired) electrons. The first-order valence-corrected chi connectivity index (χ1v) is 26.6. The number of carbonyl (C=O) groups excluding carboxylic acids is 3. The molecule has 2 atom stereocenters. The molecule has 0 saturated carbocycles.